The van der Waals surface area contributed by atoms with Crippen molar-refractivity contribution in [3.05, 3.63) is 50.9 Å². The summed E-state index contributed by atoms with van der Waals surface area (Å²) in [5.74, 6) is 0.376. The van der Waals surface area contributed by atoms with Gasteiger partial charge in [0.1, 0.15) is 5.76 Å². The summed E-state index contributed by atoms with van der Waals surface area (Å²) < 4.78 is 5.12. The van der Waals surface area contributed by atoms with Gasteiger partial charge in [0.2, 0.25) is 0 Å². The fourth-order valence-corrected chi connectivity index (χ4v) is 7.17. The first-order valence-electron chi connectivity index (χ1n) is 15.3. The molecule has 8 rings (SSSR count). The van der Waals surface area contributed by atoms with Gasteiger partial charge >= 0.3 is 5.97 Å². The highest BCUT2D eigenvalue weighted by atomic mass is 32.2. The summed E-state index contributed by atoms with van der Waals surface area (Å²) in [5.41, 5.74) is 6.46. The molecule has 8 heterocycles. The number of Topliss-reactive ketones (excluding diaryl/α,β-unsaturated/α-hetero) is 2. The second kappa shape index (κ2) is 14.8. The van der Waals surface area contributed by atoms with Crippen LogP contribution in [0.4, 0.5) is 0 Å². The van der Waals surface area contributed by atoms with E-state index >= 15 is 0 Å². The van der Waals surface area contributed by atoms with E-state index in [0.717, 1.165) is 75.5 Å². The van der Waals surface area contributed by atoms with E-state index in [9.17, 15) is 14.4 Å². The lowest BCUT2D eigenvalue weighted by molar-refractivity contribution is -0.143. The monoisotopic (exact) mass is 641 g/mol. The molecule has 2 aromatic heterocycles. The van der Waals surface area contributed by atoms with E-state index in [-0.39, 0.29) is 12.4 Å². The highest BCUT2D eigenvalue weighted by Gasteiger charge is 2.40. The van der Waals surface area contributed by atoms with Gasteiger partial charge in [0.05, 0.1) is 34.9 Å². The number of nitrogens with zero attached hydrogens (tertiary/aromatic N) is 7. The number of hydrogen-bond acceptors (Lipinski definition) is 12. The zero-order chi connectivity index (χ0) is 32.1. The molecule has 0 saturated heterocycles. The molecule has 0 aliphatic carbocycles. The second-order valence-corrected chi connectivity index (χ2v) is 13.2. The van der Waals surface area contributed by atoms with Gasteiger partial charge < -0.3 is 29.5 Å². The molecule has 0 aromatic carbocycles. The number of aromatic amines is 2. The largest absolute Gasteiger partial charge is 0.487 e. The number of rotatable bonds is 1. The van der Waals surface area contributed by atoms with E-state index in [1.165, 1.54) is 16.3 Å². The predicted octanol–water partition coefficient (Wildman–Crippen LogP) is 0.711. The Morgan fingerprint density at radius 2 is 1.53 bits per heavy atom. The van der Waals surface area contributed by atoms with E-state index in [2.05, 4.69) is 61.2 Å². The summed E-state index contributed by atoms with van der Waals surface area (Å²) in [5, 5.41) is 19.7. The number of carboxylic acids is 1. The zero-order valence-electron chi connectivity index (χ0n) is 26.5. The van der Waals surface area contributed by atoms with Crippen LogP contribution in [0.2, 0.25) is 0 Å². The molecule has 14 nitrogen and oxygen atoms in total. The summed E-state index contributed by atoms with van der Waals surface area (Å²) >= 11 is 1.73. The molecule has 1 atom stereocenters. The molecule has 6 aliphatic heterocycles. The fraction of sp³-hybridized carbons (Fsp3) is 0.600. The van der Waals surface area contributed by atoms with Gasteiger partial charge in [0, 0.05) is 74.7 Å². The summed E-state index contributed by atoms with van der Waals surface area (Å²) in [6, 6.07) is -0.787. The van der Waals surface area contributed by atoms with Crippen LogP contribution in [0.25, 0.3) is 0 Å². The third-order valence-corrected chi connectivity index (χ3v) is 9.79. The van der Waals surface area contributed by atoms with Gasteiger partial charge in [-0.25, -0.2) is 4.98 Å². The molecule has 0 radical (unpaired) electrons. The van der Waals surface area contributed by atoms with Crippen molar-refractivity contribution in [1.29, 1.82) is 0 Å². The van der Waals surface area contributed by atoms with Crippen LogP contribution in [0, 0.1) is 0 Å². The van der Waals surface area contributed by atoms with E-state index in [0.29, 0.717) is 35.8 Å². The van der Waals surface area contributed by atoms with Crippen LogP contribution in [0.1, 0.15) is 35.6 Å². The van der Waals surface area contributed by atoms with Crippen molar-refractivity contribution in [2.45, 2.75) is 44.8 Å². The average molecular weight is 642 g/mol. The Labute approximate surface area is 267 Å². The number of carbonyl (C=O) groups excluding carboxylic acids is 2. The maximum absolute atomic E-state index is 11.3. The van der Waals surface area contributed by atoms with Crippen molar-refractivity contribution < 1.29 is 24.2 Å². The van der Waals surface area contributed by atoms with Gasteiger partial charge in [0.25, 0.3) is 0 Å². The van der Waals surface area contributed by atoms with Crippen LogP contribution in [0.5, 0.6) is 0 Å². The number of aliphatic carboxylic acids is 1. The topological polar surface area (TPSA) is 164 Å². The normalized spacial score (nSPS) is 23.3. The second-order valence-electron chi connectivity index (χ2n) is 12.1. The summed E-state index contributed by atoms with van der Waals surface area (Å²) in [7, 11) is 8.04. The number of fused-ring (bicyclic) bond motifs is 2. The van der Waals surface area contributed by atoms with Crippen molar-refractivity contribution in [2.24, 2.45) is 0 Å². The standard InChI is InChI=1S/C9H11NO4.C8H11NOS.C7H11N3.C6H10N4/c1-10-3-2-5-6(11)4-14-8(5)7(10)9(12)13;1-9-3-2-6-7(10)5-11-8(6)4-9;1-10-3-2-6-7(4-10)9-5-8-6;1-10-3-2-5-6(4-10)8-9-7-5/h7H,2-4H2,1H3,(H,12,13);2-5H2,1H3;5H,2-4H2,1H3,(H,8,9);2-4H2,1H3,(H,7,8,9). The number of nitrogens with one attached hydrogen (secondary N) is 2. The van der Waals surface area contributed by atoms with Gasteiger partial charge in [-0.05, 0) is 41.0 Å². The number of aromatic nitrogens is 5. The van der Waals surface area contributed by atoms with Crippen LogP contribution in [-0.2, 0) is 45.1 Å². The Bertz CT molecular complexity index is 1420. The predicted molar refractivity (Wildman–Crippen MR) is 168 cm³/mol. The molecule has 0 amide bonds. The van der Waals surface area contributed by atoms with Gasteiger partial charge in [-0.3, -0.25) is 19.3 Å². The van der Waals surface area contributed by atoms with Crippen molar-refractivity contribution >= 4 is 29.3 Å². The maximum atomic E-state index is 11.3. The number of likely N-dealkylation sites (N-methyl/N-ethyl adjacent to an activating group) is 4. The third kappa shape index (κ3) is 8.08. The fourth-order valence-electron chi connectivity index (χ4n) is 5.99. The van der Waals surface area contributed by atoms with Crippen LogP contribution >= 0.6 is 11.8 Å². The summed E-state index contributed by atoms with van der Waals surface area (Å²) in [4.78, 5) is 50.6. The summed E-state index contributed by atoms with van der Waals surface area (Å²) in [6.45, 7) is 6.82. The average Bonchev–Trinajstić information content (AvgIpc) is 3.81. The van der Waals surface area contributed by atoms with Crippen LogP contribution in [-0.4, -0.2) is 147 Å². The number of ether oxygens (including phenoxy) is 1. The molecule has 0 saturated carbocycles. The van der Waals surface area contributed by atoms with E-state index in [4.69, 9.17) is 9.84 Å². The molecule has 45 heavy (non-hydrogen) atoms. The summed E-state index contributed by atoms with van der Waals surface area (Å²) in [6.07, 6.45) is 5.47. The number of imidazole rings is 1. The lowest BCUT2D eigenvalue weighted by atomic mass is 9.99. The molecule has 0 spiro atoms. The first-order valence-corrected chi connectivity index (χ1v) is 16.2. The zero-order valence-corrected chi connectivity index (χ0v) is 27.3. The first kappa shape index (κ1) is 33.0. The lowest BCUT2D eigenvalue weighted by Crippen LogP contribution is -2.43. The quantitative estimate of drug-likeness (QED) is 0.399. The minimum atomic E-state index is -0.964. The van der Waals surface area contributed by atoms with Crippen LogP contribution in [0.15, 0.2) is 28.1 Å². The number of carboxylic acid groups (broad SMARTS) is 1. The lowest BCUT2D eigenvalue weighted by Gasteiger charge is -2.29. The Kier molecular flexibility index (Phi) is 10.9. The molecule has 15 heteroatoms. The Hall–Kier alpha value is -3.37. The number of thioether (sulfide) groups is 1. The molecule has 244 valence electrons. The Balaban J connectivity index is 0.000000120. The van der Waals surface area contributed by atoms with Gasteiger partial charge in [-0.1, -0.05) is 0 Å². The number of H-pyrrole nitrogens is 2. The molecule has 0 bridgehead atoms. The van der Waals surface area contributed by atoms with Gasteiger partial charge in [-0.15, -0.1) is 11.8 Å². The highest BCUT2D eigenvalue weighted by Crippen LogP contribution is 2.34. The molecular weight excluding hydrogens is 598 g/mol. The van der Waals surface area contributed by atoms with Crippen molar-refractivity contribution in [1.82, 2.24) is 45.0 Å². The highest BCUT2D eigenvalue weighted by molar-refractivity contribution is 8.04. The Morgan fingerprint density at radius 1 is 0.867 bits per heavy atom. The number of carbonyl (C=O) groups is 3. The number of ketones is 2. The van der Waals surface area contributed by atoms with Gasteiger partial charge in [0.15, 0.2) is 24.2 Å². The molecule has 2 aromatic rings. The maximum Gasteiger partial charge on any atom is 0.328 e. The van der Waals surface area contributed by atoms with Crippen molar-refractivity contribution in [3.63, 3.8) is 0 Å². The third-order valence-electron chi connectivity index (χ3n) is 8.66. The molecule has 6 aliphatic rings. The minimum Gasteiger partial charge on any atom is -0.487 e. The van der Waals surface area contributed by atoms with Crippen molar-refractivity contribution in [2.75, 3.05) is 73.3 Å². The molecular formula is C30H43N9O5S. The SMILES string of the molecule is CN1CCC2=C(C1)SCC2=O.CN1CCC2=C(OCC2=O)C1C(=O)O.CN1CCc2n[nH]nc2C1.CN1CCc2nc[nH]c2C1. The smallest absolute Gasteiger partial charge is 0.328 e. The van der Waals surface area contributed by atoms with Gasteiger partial charge in [-0.2, -0.15) is 15.4 Å². The van der Waals surface area contributed by atoms with Crippen LogP contribution < -0.4 is 0 Å². The molecule has 1 unspecified atom stereocenters. The Morgan fingerprint density at radius 3 is 2.31 bits per heavy atom. The van der Waals surface area contributed by atoms with E-state index in [1.54, 1.807) is 30.0 Å². The molecule has 0 fully saturated rings. The van der Waals surface area contributed by atoms with E-state index < -0.39 is 12.0 Å². The van der Waals surface area contributed by atoms with Crippen LogP contribution in [0.3, 0.4) is 0 Å². The molecule has 3 N–H and O–H groups in total. The first-order chi connectivity index (χ1) is 21.6. The number of hydrogen-bond donors (Lipinski definition) is 3. The minimum absolute atomic E-state index is 0.00227. The van der Waals surface area contributed by atoms with E-state index in [1.807, 2.05) is 0 Å². The van der Waals surface area contributed by atoms with Crippen molar-refractivity contribution in [3.8, 4) is 0 Å².